The van der Waals surface area contributed by atoms with E-state index in [9.17, 15) is 18.3 Å². The van der Waals surface area contributed by atoms with Gasteiger partial charge in [-0.3, -0.25) is 10.1 Å². The van der Waals surface area contributed by atoms with Gasteiger partial charge in [0.1, 0.15) is 15.4 Å². The highest BCUT2D eigenvalue weighted by molar-refractivity contribution is 7.91. The van der Waals surface area contributed by atoms with E-state index in [1.54, 1.807) is 6.92 Å². The first kappa shape index (κ1) is 14.4. The molecule has 1 atom stereocenters. The number of hydrogen-bond acceptors (Lipinski definition) is 4. The number of carbonyl (C=O) groups is 1. The average molecular weight is 263 g/mol. The summed E-state index contributed by atoms with van der Waals surface area (Å²) in [5.41, 5.74) is -0.944. The molecule has 6 heteroatoms. The molecule has 2 N–H and O–H groups in total. The third-order valence-electron chi connectivity index (χ3n) is 3.30. The first-order valence-electron chi connectivity index (χ1n) is 6.00. The van der Waals surface area contributed by atoms with Crippen LogP contribution in [0.4, 0.5) is 0 Å². The van der Waals surface area contributed by atoms with Crippen molar-refractivity contribution >= 4 is 15.8 Å². The fourth-order valence-electron chi connectivity index (χ4n) is 2.23. The third-order valence-corrected chi connectivity index (χ3v) is 5.01. The molecule has 100 valence electrons. The molecule has 1 aliphatic heterocycles. The van der Waals surface area contributed by atoms with Crippen molar-refractivity contribution in [1.82, 2.24) is 5.32 Å². The summed E-state index contributed by atoms with van der Waals surface area (Å²) in [7, 11) is -2.89. The van der Waals surface area contributed by atoms with Crippen molar-refractivity contribution in [3.05, 3.63) is 0 Å². The van der Waals surface area contributed by atoms with E-state index in [1.165, 1.54) is 0 Å². The van der Waals surface area contributed by atoms with Crippen LogP contribution in [0, 0.1) is 0 Å². The Bertz CT molecular complexity index is 365. The maximum absolute atomic E-state index is 11.3. The molecule has 17 heavy (non-hydrogen) atoms. The van der Waals surface area contributed by atoms with Gasteiger partial charge in [-0.25, -0.2) is 8.42 Å². The summed E-state index contributed by atoms with van der Waals surface area (Å²) in [5.74, 6) is -0.549. The van der Waals surface area contributed by atoms with Gasteiger partial charge in [-0.2, -0.15) is 0 Å². The zero-order valence-electron chi connectivity index (χ0n) is 10.4. The highest BCUT2D eigenvalue weighted by Crippen LogP contribution is 2.19. The lowest BCUT2D eigenvalue weighted by Crippen LogP contribution is -2.55. The fourth-order valence-corrected chi connectivity index (χ4v) is 3.72. The van der Waals surface area contributed by atoms with Crippen LogP contribution in [-0.2, 0) is 14.6 Å². The lowest BCUT2D eigenvalue weighted by Gasteiger charge is -2.33. The molecule has 0 aromatic heterocycles. The average Bonchev–Trinajstić information content (AvgIpc) is 2.21. The standard InChI is InChI=1S/C11H21NO4S/c1-3-6-11(2,10(13)14)12-9-4-7-17(15,16)8-5-9/h9,12H,3-8H2,1-2H3,(H,13,14). The van der Waals surface area contributed by atoms with Crippen LogP contribution < -0.4 is 5.32 Å². The summed E-state index contributed by atoms with van der Waals surface area (Å²) in [6.45, 7) is 3.61. The Kier molecular flexibility index (Phi) is 4.55. The van der Waals surface area contributed by atoms with Gasteiger partial charge in [0.05, 0.1) is 11.5 Å². The molecule has 1 saturated heterocycles. The fraction of sp³-hybridized carbons (Fsp3) is 0.909. The molecule has 0 aromatic carbocycles. The molecular formula is C11H21NO4S. The van der Waals surface area contributed by atoms with Crippen LogP contribution in [0.1, 0.15) is 39.5 Å². The van der Waals surface area contributed by atoms with E-state index in [1.807, 2.05) is 6.92 Å². The van der Waals surface area contributed by atoms with Gasteiger partial charge in [-0.1, -0.05) is 13.3 Å². The Labute approximate surface area is 103 Å². The van der Waals surface area contributed by atoms with Crippen molar-refractivity contribution in [2.45, 2.75) is 51.1 Å². The molecule has 1 fully saturated rings. The molecule has 1 unspecified atom stereocenters. The zero-order chi connectivity index (χ0) is 13.1. The monoisotopic (exact) mass is 263 g/mol. The lowest BCUT2D eigenvalue weighted by molar-refractivity contribution is -0.144. The van der Waals surface area contributed by atoms with Crippen LogP contribution in [0.5, 0.6) is 0 Å². The molecule has 0 aliphatic carbocycles. The largest absolute Gasteiger partial charge is 0.480 e. The zero-order valence-corrected chi connectivity index (χ0v) is 11.2. The topological polar surface area (TPSA) is 83.5 Å². The van der Waals surface area contributed by atoms with Crippen LogP contribution in [0.25, 0.3) is 0 Å². The summed E-state index contributed by atoms with van der Waals surface area (Å²) >= 11 is 0. The highest BCUT2D eigenvalue weighted by atomic mass is 32.2. The van der Waals surface area contributed by atoms with Gasteiger partial charge in [-0.05, 0) is 26.2 Å². The van der Waals surface area contributed by atoms with Gasteiger partial charge < -0.3 is 5.11 Å². The third kappa shape index (κ3) is 3.96. The normalized spacial score (nSPS) is 24.1. The molecule has 0 amide bonds. The minimum Gasteiger partial charge on any atom is -0.480 e. The number of carboxylic acids is 1. The Balaban J connectivity index is 2.61. The predicted molar refractivity (Wildman–Crippen MR) is 65.8 cm³/mol. The predicted octanol–water partition coefficient (Wildman–Crippen LogP) is 0.797. The molecule has 1 heterocycles. The number of sulfone groups is 1. The van der Waals surface area contributed by atoms with Crippen molar-refractivity contribution in [2.75, 3.05) is 11.5 Å². The van der Waals surface area contributed by atoms with Crippen molar-refractivity contribution < 1.29 is 18.3 Å². The van der Waals surface area contributed by atoms with E-state index in [0.29, 0.717) is 19.3 Å². The quantitative estimate of drug-likeness (QED) is 0.766. The van der Waals surface area contributed by atoms with E-state index in [-0.39, 0.29) is 17.5 Å². The molecule has 0 bridgehead atoms. The molecule has 1 rings (SSSR count). The van der Waals surface area contributed by atoms with E-state index in [2.05, 4.69) is 5.32 Å². The Morgan fingerprint density at radius 3 is 2.35 bits per heavy atom. The SMILES string of the molecule is CCCC(C)(NC1CCS(=O)(=O)CC1)C(=O)O. The van der Waals surface area contributed by atoms with Crippen LogP contribution in [0.2, 0.25) is 0 Å². The first-order valence-corrected chi connectivity index (χ1v) is 7.83. The second-order valence-corrected chi connectivity index (χ2v) is 7.26. The number of hydrogen-bond donors (Lipinski definition) is 2. The maximum Gasteiger partial charge on any atom is 0.323 e. The molecule has 0 spiro atoms. The van der Waals surface area contributed by atoms with Gasteiger partial charge in [-0.15, -0.1) is 0 Å². The number of rotatable bonds is 5. The Hall–Kier alpha value is -0.620. The van der Waals surface area contributed by atoms with Crippen molar-refractivity contribution in [3.63, 3.8) is 0 Å². The lowest BCUT2D eigenvalue weighted by atomic mass is 9.94. The second kappa shape index (κ2) is 5.35. The maximum atomic E-state index is 11.3. The molecule has 0 radical (unpaired) electrons. The molecule has 0 aromatic rings. The molecule has 1 aliphatic rings. The summed E-state index contributed by atoms with van der Waals surface area (Å²) in [5, 5.41) is 12.3. The smallest absolute Gasteiger partial charge is 0.323 e. The van der Waals surface area contributed by atoms with E-state index in [4.69, 9.17) is 0 Å². The summed E-state index contributed by atoms with van der Waals surface area (Å²) < 4.78 is 22.6. The number of nitrogens with one attached hydrogen (secondary N) is 1. The van der Waals surface area contributed by atoms with Gasteiger partial charge >= 0.3 is 5.97 Å². The van der Waals surface area contributed by atoms with E-state index >= 15 is 0 Å². The van der Waals surface area contributed by atoms with Gasteiger partial charge in [0.2, 0.25) is 0 Å². The summed E-state index contributed by atoms with van der Waals surface area (Å²) in [6, 6.07) is -0.00817. The van der Waals surface area contributed by atoms with Gasteiger partial charge in [0.15, 0.2) is 0 Å². The Morgan fingerprint density at radius 2 is 1.94 bits per heavy atom. The second-order valence-electron chi connectivity index (χ2n) is 4.96. The van der Waals surface area contributed by atoms with E-state index in [0.717, 1.165) is 6.42 Å². The summed E-state index contributed by atoms with van der Waals surface area (Å²) in [4.78, 5) is 11.2. The Morgan fingerprint density at radius 1 is 1.41 bits per heavy atom. The van der Waals surface area contributed by atoms with Crippen molar-refractivity contribution in [2.24, 2.45) is 0 Å². The van der Waals surface area contributed by atoms with Gasteiger partial charge in [0, 0.05) is 6.04 Å². The van der Waals surface area contributed by atoms with Crippen molar-refractivity contribution in [3.8, 4) is 0 Å². The van der Waals surface area contributed by atoms with Crippen LogP contribution >= 0.6 is 0 Å². The highest BCUT2D eigenvalue weighted by Gasteiger charge is 2.36. The molecular weight excluding hydrogens is 242 g/mol. The van der Waals surface area contributed by atoms with Crippen LogP contribution in [-0.4, -0.2) is 42.6 Å². The minimum atomic E-state index is -2.89. The first-order chi connectivity index (χ1) is 7.79. The molecule has 0 saturated carbocycles. The van der Waals surface area contributed by atoms with Crippen LogP contribution in [0.3, 0.4) is 0 Å². The van der Waals surface area contributed by atoms with Gasteiger partial charge in [0.25, 0.3) is 0 Å². The number of carboxylic acid groups (broad SMARTS) is 1. The molecule has 5 nitrogen and oxygen atoms in total. The minimum absolute atomic E-state index is 0.00817. The summed E-state index contributed by atoms with van der Waals surface area (Å²) in [6.07, 6.45) is 2.34. The van der Waals surface area contributed by atoms with Crippen LogP contribution in [0.15, 0.2) is 0 Å². The number of aliphatic carboxylic acids is 1. The van der Waals surface area contributed by atoms with E-state index < -0.39 is 21.3 Å². The van der Waals surface area contributed by atoms with Crippen molar-refractivity contribution in [1.29, 1.82) is 0 Å².